The van der Waals surface area contributed by atoms with Crippen LogP contribution in [0, 0.1) is 0 Å². The lowest BCUT2D eigenvalue weighted by Crippen LogP contribution is -2.30. The van der Waals surface area contributed by atoms with Crippen molar-refractivity contribution in [3.63, 3.8) is 0 Å². The van der Waals surface area contributed by atoms with E-state index in [0.29, 0.717) is 12.2 Å². The maximum atomic E-state index is 12.8. The first kappa shape index (κ1) is 21.9. The molecule has 0 radical (unpaired) electrons. The molecule has 0 aliphatic heterocycles. The van der Waals surface area contributed by atoms with Gasteiger partial charge in [0, 0.05) is 28.4 Å². The number of hydrogen-bond donors (Lipinski definition) is 4. The zero-order valence-corrected chi connectivity index (χ0v) is 18.9. The van der Waals surface area contributed by atoms with Crippen LogP contribution >= 0.6 is 0 Å². The third-order valence-corrected chi connectivity index (χ3v) is 7.19. The van der Waals surface area contributed by atoms with Gasteiger partial charge >= 0.3 is 0 Å². The summed E-state index contributed by atoms with van der Waals surface area (Å²) < 4.78 is 34.3. The van der Waals surface area contributed by atoms with Gasteiger partial charge in [0.2, 0.25) is 10.0 Å². The van der Waals surface area contributed by atoms with Crippen LogP contribution in [0.3, 0.4) is 0 Å². The number of hydrogen-bond acceptors (Lipinski definition) is 5. The van der Waals surface area contributed by atoms with E-state index in [2.05, 4.69) is 9.71 Å². The van der Waals surface area contributed by atoms with E-state index in [1.165, 1.54) is 24.3 Å². The van der Waals surface area contributed by atoms with Gasteiger partial charge in [-0.2, -0.15) is 0 Å². The monoisotopic (exact) mass is 474 g/mol. The molecule has 5 N–H and O–H groups in total. The van der Waals surface area contributed by atoms with Crippen LogP contribution in [0.25, 0.3) is 33.3 Å². The van der Waals surface area contributed by atoms with Crippen molar-refractivity contribution in [1.29, 1.82) is 0 Å². The van der Waals surface area contributed by atoms with Gasteiger partial charge in [0.05, 0.1) is 10.6 Å². The molecule has 0 aliphatic rings. The summed E-state index contributed by atoms with van der Waals surface area (Å²) in [6.45, 7) is 0.183. The van der Waals surface area contributed by atoms with Crippen LogP contribution in [0.4, 0.5) is 0 Å². The highest BCUT2D eigenvalue weighted by Crippen LogP contribution is 2.34. The molecule has 5 aromatic rings. The van der Waals surface area contributed by atoms with Gasteiger partial charge in [-0.1, -0.05) is 36.4 Å². The minimum Gasteiger partial charge on any atom is -0.455 e. The van der Waals surface area contributed by atoms with Gasteiger partial charge < -0.3 is 9.40 Å². The summed E-state index contributed by atoms with van der Waals surface area (Å²) in [5.41, 5.74) is 5.82. The summed E-state index contributed by atoms with van der Waals surface area (Å²) in [7, 11) is -3.76. The lowest BCUT2D eigenvalue weighted by atomic mass is 10.1. The van der Waals surface area contributed by atoms with Crippen molar-refractivity contribution in [2.75, 3.05) is 6.54 Å². The molecule has 0 atom stereocenters. The number of hydrazine groups is 1. The standard InChI is InChI=1S/C25H22N4O4S/c26-29-25(30)16-9-11-18(12-10-16)34(31,32)27-14-13-20-19-6-2-3-7-21(19)28-24(20)23-15-17-5-1-4-8-22(17)33-23/h1-12,15,27-28H,13-14,26H2,(H,29,30). The maximum absolute atomic E-state index is 12.8. The Hall–Kier alpha value is -3.92. The Morgan fingerprint density at radius 3 is 2.47 bits per heavy atom. The number of carbonyl (C=O) groups is 1. The second-order valence-electron chi connectivity index (χ2n) is 7.82. The number of para-hydroxylation sites is 2. The van der Waals surface area contributed by atoms with E-state index in [4.69, 9.17) is 10.3 Å². The Labute approximate surface area is 195 Å². The largest absolute Gasteiger partial charge is 0.455 e. The fourth-order valence-corrected chi connectivity index (χ4v) is 5.07. The van der Waals surface area contributed by atoms with Gasteiger partial charge in [-0.25, -0.2) is 19.0 Å². The molecule has 2 aromatic heterocycles. The molecule has 0 bridgehead atoms. The van der Waals surface area contributed by atoms with Crippen molar-refractivity contribution in [1.82, 2.24) is 15.1 Å². The lowest BCUT2D eigenvalue weighted by molar-refractivity contribution is 0.0953. The Morgan fingerprint density at radius 1 is 0.971 bits per heavy atom. The van der Waals surface area contributed by atoms with Gasteiger partial charge in [-0.15, -0.1) is 0 Å². The molecule has 2 heterocycles. The smallest absolute Gasteiger partial charge is 0.265 e. The number of nitrogen functional groups attached to an aromatic ring is 1. The first-order valence-electron chi connectivity index (χ1n) is 10.7. The summed E-state index contributed by atoms with van der Waals surface area (Å²) in [6.07, 6.45) is 0.448. The molecule has 0 saturated heterocycles. The normalized spacial score (nSPS) is 11.8. The lowest BCUT2D eigenvalue weighted by Gasteiger charge is -2.08. The van der Waals surface area contributed by atoms with E-state index < -0.39 is 15.9 Å². The van der Waals surface area contributed by atoms with Crippen molar-refractivity contribution in [2.45, 2.75) is 11.3 Å². The molecule has 172 valence electrons. The molecule has 0 spiro atoms. The Kier molecular flexibility index (Phi) is 5.66. The predicted octanol–water partition coefficient (Wildman–Crippen LogP) is 3.71. The quantitative estimate of drug-likeness (QED) is 0.162. The Balaban J connectivity index is 1.40. The third kappa shape index (κ3) is 4.08. The predicted molar refractivity (Wildman–Crippen MR) is 130 cm³/mol. The van der Waals surface area contributed by atoms with Crippen LogP contribution in [-0.2, 0) is 16.4 Å². The fraction of sp³-hybridized carbons (Fsp3) is 0.0800. The minimum atomic E-state index is -3.76. The maximum Gasteiger partial charge on any atom is 0.265 e. The van der Waals surface area contributed by atoms with E-state index in [1.807, 2.05) is 60.0 Å². The third-order valence-electron chi connectivity index (χ3n) is 5.71. The van der Waals surface area contributed by atoms with Crippen molar-refractivity contribution in [2.24, 2.45) is 5.84 Å². The molecule has 9 heteroatoms. The highest BCUT2D eigenvalue weighted by atomic mass is 32.2. The van der Waals surface area contributed by atoms with E-state index in [1.54, 1.807) is 0 Å². The molecule has 34 heavy (non-hydrogen) atoms. The Bertz CT molecular complexity index is 1570. The molecule has 0 fully saturated rings. The second-order valence-corrected chi connectivity index (χ2v) is 9.59. The van der Waals surface area contributed by atoms with Gasteiger partial charge in [-0.3, -0.25) is 10.2 Å². The number of aromatic nitrogens is 1. The van der Waals surface area contributed by atoms with E-state index in [0.717, 1.165) is 33.1 Å². The van der Waals surface area contributed by atoms with Crippen LogP contribution in [0.15, 0.2) is 88.2 Å². The minimum absolute atomic E-state index is 0.0671. The first-order chi connectivity index (χ1) is 16.5. The summed E-state index contributed by atoms with van der Waals surface area (Å²) in [5, 5.41) is 2.00. The second kappa shape index (κ2) is 8.79. The zero-order valence-electron chi connectivity index (χ0n) is 18.0. The van der Waals surface area contributed by atoms with Crippen LogP contribution < -0.4 is 16.0 Å². The number of H-pyrrole nitrogens is 1. The number of aromatic amines is 1. The molecule has 8 nitrogen and oxygen atoms in total. The van der Waals surface area contributed by atoms with E-state index >= 15 is 0 Å². The van der Waals surface area contributed by atoms with Gasteiger partial charge in [0.25, 0.3) is 5.91 Å². The van der Waals surface area contributed by atoms with Crippen molar-refractivity contribution >= 4 is 37.8 Å². The van der Waals surface area contributed by atoms with Gasteiger partial charge in [0.1, 0.15) is 5.58 Å². The molecule has 5 rings (SSSR count). The zero-order chi connectivity index (χ0) is 23.7. The molecule has 0 unspecified atom stereocenters. The van der Waals surface area contributed by atoms with Crippen LogP contribution in [-0.4, -0.2) is 25.9 Å². The molecular weight excluding hydrogens is 452 g/mol. The average molecular weight is 475 g/mol. The van der Waals surface area contributed by atoms with Crippen molar-refractivity contribution in [3.8, 4) is 11.5 Å². The van der Waals surface area contributed by atoms with Crippen molar-refractivity contribution in [3.05, 3.63) is 90.0 Å². The number of fused-ring (bicyclic) bond motifs is 2. The number of nitrogens with two attached hydrogens (primary N) is 1. The number of rotatable bonds is 7. The SMILES string of the molecule is NNC(=O)c1ccc(S(=O)(=O)NCCc2c(-c3cc4ccccc4o3)[nH]c3ccccc23)cc1. The number of benzene rings is 3. The summed E-state index contributed by atoms with van der Waals surface area (Å²) in [6, 6.07) is 23.2. The molecule has 0 aliphatic carbocycles. The van der Waals surface area contributed by atoms with Gasteiger partial charge in [-0.05, 0) is 54.4 Å². The molecule has 1 amide bonds. The highest BCUT2D eigenvalue weighted by Gasteiger charge is 2.19. The summed E-state index contributed by atoms with van der Waals surface area (Å²) in [5.74, 6) is 5.32. The number of sulfonamides is 1. The molecular formula is C25H22N4O4S. The highest BCUT2D eigenvalue weighted by molar-refractivity contribution is 7.89. The topological polar surface area (TPSA) is 130 Å². The van der Waals surface area contributed by atoms with Crippen molar-refractivity contribution < 1.29 is 17.6 Å². The van der Waals surface area contributed by atoms with Crippen LogP contribution in [0.1, 0.15) is 15.9 Å². The van der Waals surface area contributed by atoms with E-state index in [9.17, 15) is 13.2 Å². The summed E-state index contributed by atoms with van der Waals surface area (Å²) >= 11 is 0. The molecule has 3 aromatic carbocycles. The number of amides is 1. The summed E-state index contributed by atoms with van der Waals surface area (Å²) in [4.78, 5) is 15.1. The average Bonchev–Trinajstić information content (AvgIpc) is 3.45. The first-order valence-corrected chi connectivity index (χ1v) is 12.1. The molecule has 0 saturated carbocycles. The number of furan rings is 1. The number of nitrogens with one attached hydrogen (secondary N) is 3. The fourth-order valence-electron chi connectivity index (χ4n) is 4.04. The Morgan fingerprint density at radius 2 is 1.71 bits per heavy atom. The van der Waals surface area contributed by atoms with Crippen LogP contribution in [0.5, 0.6) is 0 Å². The van der Waals surface area contributed by atoms with Gasteiger partial charge in [0.15, 0.2) is 5.76 Å². The van der Waals surface area contributed by atoms with Crippen LogP contribution in [0.2, 0.25) is 0 Å². The van der Waals surface area contributed by atoms with E-state index in [-0.39, 0.29) is 17.0 Å². The number of carbonyl (C=O) groups excluding carboxylic acids is 1.